The summed E-state index contributed by atoms with van der Waals surface area (Å²) in [5, 5.41) is 13.0. The van der Waals surface area contributed by atoms with Crippen LogP contribution in [0.5, 0.6) is 5.75 Å². The monoisotopic (exact) mass is 432 g/mol. The van der Waals surface area contributed by atoms with Crippen molar-refractivity contribution < 1.29 is 19.1 Å². The molecule has 0 saturated carbocycles. The van der Waals surface area contributed by atoms with Gasteiger partial charge in [-0.1, -0.05) is 12.1 Å². The predicted molar refractivity (Wildman–Crippen MR) is 118 cm³/mol. The number of hydrogen-bond acceptors (Lipinski definition) is 6. The van der Waals surface area contributed by atoms with Crippen molar-refractivity contribution in [1.29, 1.82) is 0 Å². The number of ether oxygens (including phenoxy) is 1. The van der Waals surface area contributed by atoms with Crippen molar-refractivity contribution in [2.45, 2.75) is 6.42 Å². The Bertz CT molecular complexity index is 1050. The first-order valence-corrected chi connectivity index (χ1v) is 10.3. The van der Waals surface area contributed by atoms with Gasteiger partial charge in [-0.15, -0.1) is 0 Å². The van der Waals surface area contributed by atoms with Crippen LogP contribution in [-0.2, 0) is 14.1 Å². The van der Waals surface area contributed by atoms with Gasteiger partial charge in [0.15, 0.2) is 0 Å². The summed E-state index contributed by atoms with van der Waals surface area (Å²) < 4.78 is 7.83. The Balaban J connectivity index is 1.61. The van der Waals surface area contributed by atoms with Crippen LogP contribution in [0.2, 0.25) is 0 Å². The van der Waals surface area contributed by atoms with E-state index in [0.29, 0.717) is 51.5 Å². The number of aromatic nitrogens is 2. The van der Waals surface area contributed by atoms with Crippen LogP contribution in [-0.4, -0.2) is 71.2 Å². The lowest BCUT2D eigenvalue weighted by Gasteiger charge is -2.41. The van der Waals surface area contributed by atoms with Crippen molar-refractivity contribution in [3.05, 3.63) is 51.2 Å². The number of nitrogens with zero attached hydrogens (tertiary/aromatic N) is 4. The number of anilines is 2. The summed E-state index contributed by atoms with van der Waals surface area (Å²) in [7, 11) is 4.65. The van der Waals surface area contributed by atoms with Gasteiger partial charge in [0, 0.05) is 33.1 Å². The number of piperazine rings is 1. The molecule has 2 aromatic rings. The highest BCUT2D eigenvalue weighted by atomic mass is 16.5. The number of methoxy groups -OCH3 is 1. The first-order valence-electron chi connectivity index (χ1n) is 10.3. The van der Waals surface area contributed by atoms with Crippen molar-refractivity contribution in [1.82, 2.24) is 9.13 Å². The Morgan fingerprint density at radius 2 is 1.84 bits per heavy atom. The number of hydrogen-bond donors (Lipinski definition) is 2. The molecule has 10 heteroatoms. The van der Waals surface area contributed by atoms with Gasteiger partial charge < -0.3 is 20.1 Å². The minimum Gasteiger partial charge on any atom is -0.495 e. The van der Waals surface area contributed by atoms with Crippen LogP contribution >= 0.6 is 0 Å². The van der Waals surface area contributed by atoms with E-state index in [1.165, 1.54) is 17.7 Å². The first kappa shape index (κ1) is 22.4. The molecule has 1 aliphatic rings. The van der Waals surface area contributed by atoms with Crippen molar-refractivity contribution in [2.75, 3.05) is 56.6 Å². The smallest absolute Gasteiger partial charge is 0.495 e. The summed E-state index contributed by atoms with van der Waals surface area (Å²) in [6.07, 6.45) is -0.245. The molecule has 1 aliphatic heterocycles. The van der Waals surface area contributed by atoms with Crippen LogP contribution in [0.15, 0.2) is 39.9 Å². The molecular formula is C21H30N5O5+. The van der Waals surface area contributed by atoms with Crippen molar-refractivity contribution in [3.63, 3.8) is 0 Å². The molecule has 10 nitrogen and oxygen atoms in total. The van der Waals surface area contributed by atoms with E-state index in [1.54, 1.807) is 14.2 Å². The van der Waals surface area contributed by atoms with E-state index in [4.69, 9.17) is 4.74 Å². The molecule has 1 fully saturated rings. The van der Waals surface area contributed by atoms with E-state index >= 15 is 0 Å². The van der Waals surface area contributed by atoms with Gasteiger partial charge in [-0.25, -0.2) is 9.28 Å². The zero-order valence-electron chi connectivity index (χ0n) is 18.2. The average molecular weight is 433 g/mol. The minimum atomic E-state index is -0.833. The lowest BCUT2D eigenvalue weighted by atomic mass is 10.2. The molecule has 0 aliphatic carbocycles. The highest BCUT2D eigenvalue weighted by Gasteiger charge is 2.40. The molecule has 0 bridgehead atoms. The van der Waals surface area contributed by atoms with Gasteiger partial charge >= 0.3 is 11.8 Å². The molecule has 1 saturated heterocycles. The molecule has 3 rings (SSSR count). The summed E-state index contributed by atoms with van der Waals surface area (Å²) >= 11 is 0. The third-order valence-electron chi connectivity index (χ3n) is 6.02. The maximum atomic E-state index is 12.1. The molecule has 0 spiro atoms. The molecule has 2 N–H and O–H groups in total. The van der Waals surface area contributed by atoms with Gasteiger partial charge in [0.2, 0.25) is 0 Å². The van der Waals surface area contributed by atoms with Gasteiger partial charge in [-0.05, 0) is 12.1 Å². The van der Waals surface area contributed by atoms with Gasteiger partial charge in [0.25, 0.3) is 5.56 Å². The van der Waals surface area contributed by atoms with Gasteiger partial charge in [-0.3, -0.25) is 13.9 Å². The summed E-state index contributed by atoms with van der Waals surface area (Å²) in [5.41, 5.74) is 0.185. The maximum Gasteiger partial charge on any atom is 0.513 e. The zero-order valence-corrected chi connectivity index (χ0v) is 18.2. The quantitative estimate of drug-likeness (QED) is 0.495. The number of carboxylic acid groups (broad SMARTS) is 1. The number of benzene rings is 1. The largest absolute Gasteiger partial charge is 0.513 e. The van der Waals surface area contributed by atoms with Crippen LogP contribution in [0, 0.1) is 0 Å². The summed E-state index contributed by atoms with van der Waals surface area (Å²) in [6.45, 7) is 3.12. The summed E-state index contributed by atoms with van der Waals surface area (Å²) in [4.78, 5) is 38.1. The SMILES string of the molecule is COc1ccccc1N1CC[N+](CCCNc2cc(=O)n(C)c(=O)n2C)(C(=O)O)CC1. The Hall–Kier alpha value is -3.27. The maximum absolute atomic E-state index is 12.1. The molecule has 0 unspecified atom stereocenters. The van der Waals surface area contributed by atoms with E-state index in [-0.39, 0.29) is 10.0 Å². The lowest BCUT2D eigenvalue weighted by molar-refractivity contribution is -0.858. The molecule has 31 heavy (non-hydrogen) atoms. The third kappa shape index (κ3) is 4.58. The molecule has 1 aromatic heterocycles. The van der Waals surface area contributed by atoms with Crippen LogP contribution in [0.25, 0.3) is 0 Å². The Labute approximate surface area is 180 Å². The van der Waals surface area contributed by atoms with Crippen LogP contribution in [0.3, 0.4) is 0 Å². The van der Waals surface area contributed by atoms with Crippen molar-refractivity contribution in [2.24, 2.45) is 14.1 Å². The summed E-state index contributed by atoms with van der Waals surface area (Å²) in [6, 6.07) is 9.11. The molecular weight excluding hydrogens is 402 g/mol. The number of quaternary nitrogens is 1. The van der Waals surface area contributed by atoms with Crippen LogP contribution in [0.1, 0.15) is 6.42 Å². The lowest BCUT2D eigenvalue weighted by Crippen LogP contribution is -2.62. The second-order valence-corrected chi connectivity index (χ2v) is 7.81. The fourth-order valence-electron chi connectivity index (χ4n) is 3.99. The van der Waals surface area contributed by atoms with Gasteiger partial charge in [0.05, 0.1) is 32.4 Å². The van der Waals surface area contributed by atoms with Crippen molar-refractivity contribution >= 4 is 17.6 Å². The van der Waals surface area contributed by atoms with Crippen molar-refractivity contribution in [3.8, 4) is 5.75 Å². The van der Waals surface area contributed by atoms with Crippen LogP contribution < -0.4 is 26.2 Å². The highest BCUT2D eigenvalue weighted by molar-refractivity contribution is 5.60. The standard InChI is InChI=1S/C21H29N5O5/c1-23-18(15-19(27)24(2)20(23)28)22-9-6-12-26(21(29)30)13-10-25(11-14-26)16-7-4-5-8-17(16)31-3/h4-5,7-8,15H,6,9-14H2,1-3H3,(H-,22,27,29,30)/p+1. The third-order valence-corrected chi connectivity index (χ3v) is 6.02. The number of carbonyl (C=O) groups is 1. The minimum absolute atomic E-state index is 0.0111. The highest BCUT2D eigenvalue weighted by Crippen LogP contribution is 2.29. The molecule has 0 atom stereocenters. The predicted octanol–water partition coefficient (Wildman–Crippen LogP) is 0.910. The Morgan fingerprint density at radius 1 is 1.16 bits per heavy atom. The second-order valence-electron chi connectivity index (χ2n) is 7.81. The number of amides is 1. The number of nitrogens with one attached hydrogen (secondary N) is 1. The molecule has 2 heterocycles. The van der Waals surface area contributed by atoms with Crippen LogP contribution in [0.4, 0.5) is 16.3 Å². The number of rotatable bonds is 7. The molecule has 1 amide bonds. The van der Waals surface area contributed by atoms with E-state index in [1.807, 2.05) is 24.3 Å². The van der Waals surface area contributed by atoms with Gasteiger partial charge in [-0.2, -0.15) is 4.79 Å². The van der Waals surface area contributed by atoms with E-state index in [0.717, 1.165) is 16.0 Å². The fourth-order valence-corrected chi connectivity index (χ4v) is 3.99. The molecule has 1 aromatic carbocycles. The molecule has 168 valence electrons. The second kappa shape index (κ2) is 9.25. The fraction of sp³-hybridized carbons (Fsp3) is 0.476. The normalized spacial score (nSPS) is 15.5. The Morgan fingerprint density at radius 3 is 2.48 bits per heavy atom. The van der Waals surface area contributed by atoms with Gasteiger partial charge in [0.1, 0.15) is 24.7 Å². The van der Waals surface area contributed by atoms with E-state index < -0.39 is 11.8 Å². The summed E-state index contributed by atoms with van der Waals surface area (Å²) in [5.74, 6) is 1.21. The molecule has 0 radical (unpaired) electrons. The number of para-hydroxylation sites is 2. The average Bonchev–Trinajstić information content (AvgIpc) is 2.78. The van der Waals surface area contributed by atoms with E-state index in [2.05, 4.69) is 10.2 Å². The van der Waals surface area contributed by atoms with E-state index in [9.17, 15) is 19.5 Å². The Kier molecular flexibility index (Phi) is 6.69. The topological polar surface area (TPSA) is 106 Å². The zero-order chi connectivity index (χ0) is 22.6. The first-order chi connectivity index (χ1) is 14.8.